The minimum Gasteiger partial charge on any atom is -0.365 e. The third-order valence-corrected chi connectivity index (χ3v) is 5.36. The zero-order chi connectivity index (χ0) is 19.7. The minimum absolute atomic E-state index is 0.265. The minimum atomic E-state index is -3.61. The first-order valence-electron chi connectivity index (χ1n) is 8.42. The first-order chi connectivity index (χ1) is 13.4. The average molecular weight is 414 g/mol. The second-order valence-electron chi connectivity index (χ2n) is 6.20. The van der Waals surface area contributed by atoms with Gasteiger partial charge in [0.15, 0.2) is 5.65 Å². The molecule has 0 fully saturated rings. The number of hydrogen-bond donors (Lipinski definition) is 1. The molecule has 28 heavy (non-hydrogen) atoms. The topological polar surface area (TPSA) is 89.8 Å². The van der Waals surface area contributed by atoms with E-state index in [0.717, 1.165) is 17.5 Å². The van der Waals surface area contributed by atoms with E-state index < -0.39 is 9.84 Å². The van der Waals surface area contributed by atoms with E-state index in [1.165, 1.54) is 0 Å². The van der Waals surface area contributed by atoms with Gasteiger partial charge in [-0.2, -0.15) is 10.1 Å². The monoisotopic (exact) mass is 413 g/mol. The van der Waals surface area contributed by atoms with Crippen LogP contribution in [0.15, 0.2) is 66.0 Å². The van der Waals surface area contributed by atoms with E-state index in [4.69, 9.17) is 11.6 Å². The van der Waals surface area contributed by atoms with E-state index in [1.807, 2.05) is 48.5 Å². The van der Waals surface area contributed by atoms with Gasteiger partial charge in [0, 0.05) is 17.8 Å². The van der Waals surface area contributed by atoms with E-state index >= 15 is 0 Å². The van der Waals surface area contributed by atoms with Gasteiger partial charge in [0.1, 0.15) is 5.82 Å². The number of rotatable bonds is 5. The lowest BCUT2D eigenvalue weighted by molar-refractivity contribution is 0.593. The summed E-state index contributed by atoms with van der Waals surface area (Å²) in [6.07, 6.45) is 2.69. The molecule has 0 spiro atoms. The number of aromatic nitrogens is 4. The molecule has 0 aliphatic heterocycles. The van der Waals surface area contributed by atoms with Crippen molar-refractivity contribution >= 4 is 38.3 Å². The van der Waals surface area contributed by atoms with Crippen LogP contribution in [-0.4, -0.2) is 34.4 Å². The van der Waals surface area contributed by atoms with Gasteiger partial charge in [0.05, 0.1) is 17.3 Å². The number of benzene rings is 2. The number of para-hydroxylation sites is 1. The van der Waals surface area contributed by atoms with Gasteiger partial charge in [-0.05, 0) is 23.8 Å². The predicted molar refractivity (Wildman–Crippen MR) is 109 cm³/mol. The quantitative estimate of drug-likeness (QED) is 0.504. The van der Waals surface area contributed by atoms with Gasteiger partial charge >= 0.3 is 0 Å². The van der Waals surface area contributed by atoms with Gasteiger partial charge < -0.3 is 5.32 Å². The SMILES string of the molecule is CS(=O)(=O)c1nc(NCc2ccccc2Cl)c2cnn(-c3ccccc3)c2n1. The molecule has 7 nitrogen and oxygen atoms in total. The molecule has 0 radical (unpaired) electrons. The first kappa shape index (κ1) is 18.4. The molecular formula is C19H16ClN5O2S. The summed E-state index contributed by atoms with van der Waals surface area (Å²) in [5, 5.41) is 8.51. The van der Waals surface area contributed by atoms with E-state index in [9.17, 15) is 8.42 Å². The Bertz CT molecular complexity index is 1260. The van der Waals surface area contributed by atoms with Crippen LogP contribution < -0.4 is 5.32 Å². The smallest absolute Gasteiger partial charge is 0.250 e. The summed E-state index contributed by atoms with van der Waals surface area (Å²) in [6.45, 7) is 0.380. The molecule has 1 N–H and O–H groups in total. The van der Waals surface area contributed by atoms with Crippen LogP contribution in [0.1, 0.15) is 5.56 Å². The van der Waals surface area contributed by atoms with Crippen molar-refractivity contribution in [2.24, 2.45) is 0 Å². The van der Waals surface area contributed by atoms with Crippen LogP contribution in [-0.2, 0) is 16.4 Å². The van der Waals surface area contributed by atoms with Crippen molar-refractivity contribution in [3.63, 3.8) is 0 Å². The highest BCUT2D eigenvalue weighted by atomic mass is 35.5. The molecule has 2 aromatic heterocycles. The van der Waals surface area contributed by atoms with Gasteiger partial charge in [-0.25, -0.2) is 18.1 Å². The summed E-state index contributed by atoms with van der Waals surface area (Å²) in [5.74, 6) is 0.382. The lowest BCUT2D eigenvalue weighted by Crippen LogP contribution is -2.10. The Balaban J connectivity index is 1.83. The number of nitrogens with zero attached hydrogens (tertiary/aromatic N) is 4. The summed E-state index contributed by atoms with van der Waals surface area (Å²) in [4.78, 5) is 8.47. The van der Waals surface area contributed by atoms with Gasteiger partial charge in [-0.15, -0.1) is 0 Å². The lowest BCUT2D eigenvalue weighted by atomic mass is 10.2. The lowest BCUT2D eigenvalue weighted by Gasteiger charge is -2.10. The number of hydrogen-bond acceptors (Lipinski definition) is 6. The normalized spacial score (nSPS) is 11.6. The highest BCUT2D eigenvalue weighted by Crippen LogP contribution is 2.25. The molecule has 0 saturated carbocycles. The molecule has 0 amide bonds. The van der Waals surface area contributed by atoms with Crippen LogP contribution in [0.2, 0.25) is 5.02 Å². The van der Waals surface area contributed by atoms with Crippen molar-refractivity contribution in [1.82, 2.24) is 19.7 Å². The maximum Gasteiger partial charge on any atom is 0.250 e. The second-order valence-corrected chi connectivity index (χ2v) is 8.52. The van der Waals surface area contributed by atoms with Crippen LogP contribution in [0.25, 0.3) is 16.7 Å². The maximum atomic E-state index is 12.1. The molecule has 0 unspecified atom stereocenters. The predicted octanol–water partition coefficient (Wildman–Crippen LogP) is 3.48. The number of fused-ring (bicyclic) bond motifs is 1. The summed E-state index contributed by atoms with van der Waals surface area (Å²) in [6, 6.07) is 16.8. The van der Waals surface area contributed by atoms with Crippen molar-refractivity contribution in [3.8, 4) is 5.69 Å². The van der Waals surface area contributed by atoms with Crippen molar-refractivity contribution in [2.75, 3.05) is 11.6 Å². The fourth-order valence-electron chi connectivity index (χ4n) is 2.77. The Hall–Kier alpha value is -2.97. The highest BCUT2D eigenvalue weighted by molar-refractivity contribution is 7.90. The Morgan fingerprint density at radius 1 is 1.04 bits per heavy atom. The highest BCUT2D eigenvalue weighted by Gasteiger charge is 2.19. The standard InChI is InChI=1S/C19H16ClN5O2S/c1-28(26,27)19-23-17(21-11-13-7-5-6-10-16(13)20)15-12-22-25(18(15)24-19)14-8-3-2-4-9-14/h2-10,12H,11H2,1H3,(H,21,23,24). The van der Waals surface area contributed by atoms with Gasteiger partial charge in [0.25, 0.3) is 5.16 Å². The zero-order valence-corrected chi connectivity index (χ0v) is 16.4. The van der Waals surface area contributed by atoms with Gasteiger partial charge in [-0.1, -0.05) is 48.0 Å². The average Bonchev–Trinajstić information content (AvgIpc) is 3.11. The Morgan fingerprint density at radius 3 is 2.46 bits per heavy atom. The molecule has 9 heteroatoms. The summed E-state index contributed by atoms with van der Waals surface area (Å²) in [7, 11) is -3.61. The molecule has 0 atom stereocenters. The number of anilines is 1. The summed E-state index contributed by atoms with van der Waals surface area (Å²) < 4.78 is 25.8. The first-order valence-corrected chi connectivity index (χ1v) is 10.7. The molecule has 0 aliphatic carbocycles. The molecule has 4 aromatic rings. The number of nitrogens with one attached hydrogen (secondary N) is 1. The van der Waals surface area contributed by atoms with Crippen LogP contribution in [0.5, 0.6) is 0 Å². The van der Waals surface area contributed by atoms with E-state index in [2.05, 4.69) is 20.4 Å². The van der Waals surface area contributed by atoms with Crippen LogP contribution in [0.3, 0.4) is 0 Å². The van der Waals surface area contributed by atoms with Crippen molar-refractivity contribution < 1.29 is 8.42 Å². The Kier molecular flexibility index (Phi) is 4.74. The molecule has 4 rings (SSSR count). The molecule has 0 bridgehead atoms. The summed E-state index contributed by atoms with van der Waals surface area (Å²) >= 11 is 6.21. The molecular weight excluding hydrogens is 398 g/mol. The molecule has 2 heterocycles. The summed E-state index contributed by atoms with van der Waals surface area (Å²) in [5.41, 5.74) is 2.04. The second kappa shape index (κ2) is 7.21. The fraction of sp³-hybridized carbons (Fsp3) is 0.105. The molecule has 2 aromatic carbocycles. The number of halogens is 1. The van der Waals surface area contributed by atoms with E-state index in [0.29, 0.717) is 28.4 Å². The van der Waals surface area contributed by atoms with Crippen LogP contribution in [0.4, 0.5) is 5.82 Å². The Morgan fingerprint density at radius 2 is 1.75 bits per heavy atom. The number of sulfone groups is 1. The van der Waals surface area contributed by atoms with Gasteiger partial charge in [0.2, 0.25) is 9.84 Å². The van der Waals surface area contributed by atoms with Crippen LogP contribution in [0, 0.1) is 0 Å². The Labute approximate surface area is 166 Å². The van der Waals surface area contributed by atoms with Crippen LogP contribution >= 0.6 is 11.6 Å². The van der Waals surface area contributed by atoms with E-state index in [-0.39, 0.29) is 5.16 Å². The van der Waals surface area contributed by atoms with Crippen molar-refractivity contribution in [3.05, 3.63) is 71.4 Å². The largest absolute Gasteiger partial charge is 0.365 e. The third-order valence-electron chi connectivity index (χ3n) is 4.14. The van der Waals surface area contributed by atoms with Gasteiger partial charge in [-0.3, -0.25) is 0 Å². The van der Waals surface area contributed by atoms with Crippen molar-refractivity contribution in [1.29, 1.82) is 0 Å². The molecule has 142 valence electrons. The molecule has 0 saturated heterocycles. The molecule has 0 aliphatic rings. The third kappa shape index (κ3) is 3.56. The van der Waals surface area contributed by atoms with E-state index in [1.54, 1.807) is 16.9 Å². The maximum absolute atomic E-state index is 12.1. The van der Waals surface area contributed by atoms with Crippen molar-refractivity contribution in [2.45, 2.75) is 11.7 Å². The fourth-order valence-corrected chi connectivity index (χ4v) is 3.48. The zero-order valence-electron chi connectivity index (χ0n) is 14.9.